The lowest BCUT2D eigenvalue weighted by Crippen LogP contribution is -2.14. The highest BCUT2D eigenvalue weighted by molar-refractivity contribution is 7.89. The standard InChI is InChI=1S/C19H19N3O3S/c1-12-8-14(3)15(9-13(12)2)10-16(11-20)19(23)22-17-4-6-18(7-5-17)26(21,24)25/h4-10H,1-3H3,(H,22,23)(H2,21,24,25). The molecule has 134 valence electrons. The Bertz CT molecular complexity index is 1030. The van der Waals surface area contributed by atoms with Gasteiger partial charge < -0.3 is 5.32 Å². The molecular formula is C19H19N3O3S. The number of carbonyl (C=O) groups excluding carboxylic acids is 1. The number of rotatable bonds is 4. The molecule has 0 unspecified atom stereocenters. The molecule has 2 aromatic rings. The van der Waals surface area contributed by atoms with Crippen molar-refractivity contribution in [2.24, 2.45) is 5.14 Å². The van der Waals surface area contributed by atoms with E-state index in [0.29, 0.717) is 5.69 Å². The van der Waals surface area contributed by atoms with Gasteiger partial charge in [-0.2, -0.15) is 5.26 Å². The first kappa shape index (κ1) is 19.4. The average molecular weight is 369 g/mol. The van der Waals surface area contributed by atoms with E-state index in [4.69, 9.17) is 5.14 Å². The lowest BCUT2D eigenvalue weighted by Gasteiger charge is -2.08. The number of nitrogens with one attached hydrogen (secondary N) is 1. The number of nitrogens with two attached hydrogens (primary N) is 1. The number of sulfonamides is 1. The molecule has 0 atom stereocenters. The summed E-state index contributed by atoms with van der Waals surface area (Å²) < 4.78 is 22.5. The Balaban J connectivity index is 2.27. The summed E-state index contributed by atoms with van der Waals surface area (Å²) in [5.74, 6) is -0.575. The van der Waals surface area contributed by atoms with Crippen LogP contribution in [0.15, 0.2) is 46.9 Å². The minimum atomic E-state index is -3.80. The van der Waals surface area contributed by atoms with Gasteiger partial charge in [0.15, 0.2) is 0 Å². The molecule has 26 heavy (non-hydrogen) atoms. The van der Waals surface area contributed by atoms with Crippen LogP contribution in [0.5, 0.6) is 0 Å². The van der Waals surface area contributed by atoms with E-state index in [9.17, 15) is 18.5 Å². The van der Waals surface area contributed by atoms with E-state index in [1.165, 1.54) is 30.3 Å². The lowest BCUT2D eigenvalue weighted by molar-refractivity contribution is -0.112. The van der Waals surface area contributed by atoms with Gasteiger partial charge in [0, 0.05) is 5.69 Å². The number of primary sulfonamides is 1. The first-order valence-electron chi connectivity index (χ1n) is 7.75. The van der Waals surface area contributed by atoms with Gasteiger partial charge in [-0.15, -0.1) is 0 Å². The molecule has 2 aromatic carbocycles. The van der Waals surface area contributed by atoms with Crippen LogP contribution in [0.25, 0.3) is 6.08 Å². The third-order valence-corrected chi connectivity index (χ3v) is 4.92. The zero-order valence-corrected chi connectivity index (χ0v) is 15.5. The van der Waals surface area contributed by atoms with Crippen LogP contribution in [0.2, 0.25) is 0 Å². The molecule has 0 spiro atoms. The van der Waals surface area contributed by atoms with Gasteiger partial charge in [0.2, 0.25) is 10.0 Å². The van der Waals surface area contributed by atoms with Crippen LogP contribution >= 0.6 is 0 Å². The molecule has 6 nitrogen and oxygen atoms in total. The van der Waals surface area contributed by atoms with Gasteiger partial charge in [-0.25, -0.2) is 13.6 Å². The van der Waals surface area contributed by atoms with Gasteiger partial charge >= 0.3 is 0 Å². The number of hydrogen-bond acceptors (Lipinski definition) is 4. The highest BCUT2D eigenvalue weighted by Crippen LogP contribution is 2.19. The predicted molar refractivity (Wildman–Crippen MR) is 101 cm³/mol. The van der Waals surface area contributed by atoms with Gasteiger partial charge in [-0.05, 0) is 73.4 Å². The Kier molecular flexibility index (Phi) is 5.60. The maximum absolute atomic E-state index is 12.3. The highest BCUT2D eigenvalue weighted by atomic mass is 32.2. The molecule has 0 aromatic heterocycles. The van der Waals surface area contributed by atoms with E-state index in [1.54, 1.807) is 0 Å². The van der Waals surface area contributed by atoms with Gasteiger partial charge in [-0.1, -0.05) is 12.1 Å². The van der Waals surface area contributed by atoms with E-state index in [2.05, 4.69) is 5.32 Å². The van der Waals surface area contributed by atoms with Crippen molar-refractivity contribution in [3.63, 3.8) is 0 Å². The normalized spacial score (nSPS) is 11.7. The molecule has 0 fully saturated rings. The molecule has 3 N–H and O–H groups in total. The Hall–Kier alpha value is -2.95. The molecule has 0 heterocycles. The number of amides is 1. The van der Waals surface area contributed by atoms with Crippen LogP contribution < -0.4 is 10.5 Å². The smallest absolute Gasteiger partial charge is 0.266 e. The van der Waals surface area contributed by atoms with Crippen LogP contribution in [0.3, 0.4) is 0 Å². The Morgan fingerprint density at radius 3 is 2.19 bits per heavy atom. The van der Waals surface area contributed by atoms with Crippen molar-refractivity contribution in [3.05, 3.63) is 64.2 Å². The number of nitriles is 1. The summed E-state index contributed by atoms with van der Waals surface area (Å²) in [6.45, 7) is 5.88. The summed E-state index contributed by atoms with van der Waals surface area (Å²) >= 11 is 0. The first-order chi connectivity index (χ1) is 12.1. The molecule has 2 rings (SSSR count). The molecule has 0 bridgehead atoms. The molecule has 0 radical (unpaired) electrons. The Labute approximate surface area is 153 Å². The summed E-state index contributed by atoms with van der Waals surface area (Å²) in [6.07, 6.45) is 1.54. The third kappa shape index (κ3) is 4.57. The van der Waals surface area contributed by atoms with Crippen LogP contribution in [0.1, 0.15) is 22.3 Å². The number of hydrogen-bond donors (Lipinski definition) is 2. The second-order valence-electron chi connectivity index (χ2n) is 5.99. The summed E-state index contributed by atoms with van der Waals surface area (Å²) in [5, 5.41) is 16.9. The summed E-state index contributed by atoms with van der Waals surface area (Å²) in [6, 6.07) is 11.2. The van der Waals surface area contributed by atoms with E-state index in [0.717, 1.165) is 22.3 Å². The molecule has 1 amide bonds. The molecule has 0 aliphatic carbocycles. The second-order valence-corrected chi connectivity index (χ2v) is 7.55. The first-order valence-corrected chi connectivity index (χ1v) is 9.30. The highest BCUT2D eigenvalue weighted by Gasteiger charge is 2.12. The average Bonchev–Trinajstić information content (AvgIpc) is 2.56. The number of aryl methyl sites for hydroxylation is 3. The zero-order chi connectivity index (χ0) is 19.5. The van der Waals surface area contributed by atoms with E-state index < -0.39 is 15.9 Å². The lowest BCUT2D eigenvalue weighted by atomic mass is 9.99. The quantitative estimate of drug-likeness (QED) is 0.637. The Morgan fingerprint density at radius 2 is 1.65 bits per heavy atom. The topological polar surface area (TPSA) is 113 Å². The summed E-state index contributed by atoms with van der Waals surface area (Å²) in [5.41, 5.74) is 4.28. The van der Waals surface area contributed by atoms with Gasteiger partial charge in [-0.3, -0.25) is 4.79 Å². The van der Waals surface area contributed by atoms with Crippen molar-refractivity contribution in [3.8, 4) is 6.07 Å². The fraction of sp³-hybridized carbons (Fsp3) is 0.158. The van der Waals surface area contributed by atoms with Crippen molar-refractivity contribution in [1.29, 1.82) is 5.26 Å². The van der Waals surface area contributed by atoms with E-state index in [1.807, 2.05) is 39.0 Å². The Morgan fingerprint density at radius 1 is 1.08 bits per heavy atom. The number of nitrogens with zero attached hydrogens (tertiary/aromatic N) is 1. The van der Waals surface area contributed by atoms with Crippen molar-refractivity contribution in [2.45, 2.75) is 25.7 Å². The monoisotopic (exact) mass is 369 g/mol. The fourth-order valence-electron chi connectivity index (χ4n) is 2.37. The van der Waals surface area contributed by atoms with Crippen LogP contribution in [0.4, 0.5) is 5.69 Å². The molecular weight excluding hydrogens is 350 g/mol. The van der Waals surface area contributed by atoms with Crippen molar-refractivity contribution in [1.82, 2.24) is 0 Å². The number of carbonyl (C=O) groups is 1. The SMILES string of the molecule is Cc1cc(C)c(C=C(C#N)C(=O)Nc2ccc(S(N)(=O)=O)cc2)cc1C. The zero-order valence-electron chi connectivity index (χ0n) is 14.7. The second kappa shape index (κ2) is 7.52. The molecule has 0 saturated heterocycles. The van der Waals surface area contributed by atoms with Crippen LogP contribution in [-0.2, 0) is 14.8 Å². The largest absolute Gasteiger partial charge is 0.321 e. The molecule has 0 saturated carbocycles. The summed E-state index contributed by atoms with van der Waals surface area (Å²) in [7, 11) is -3.80. The van der Waals surface area contributed by atoms with Crippen molar-refractivity contribution < 1.29 is 13.2 Å². The van der Waals surface area contributed by atoms with E-state index >= 15 is 0 Å². The van der Waals surface area contributed by atoms with Gasteiger partial charge in [0.1, 0.15) is 11.6 Å². The van der Waals surface area contributed by atoms with Gasteiger partial charge in [0.25, 0.3) is 5.91 Å². The minimum Gasteiger partial charge on any atom is -0.321 e. The number of benzene rings is 2. The molecule has 0 aliphatic rings. The maximum atomic E-state index is 12.3. The summed E-state index contributed by atoms with van der Waals surface area (Å²) in [4.78, 5) is 12.3. The van der Waals surface area contributed by atoms with Crippen molar-refractivity contribution >= 4 is 27.7 Å². The maximum Gasteiger partial charge on any atom is 0.266 e. The predicted octanol–water partition coefficient (Wildman–Crippen LogP) is 2.80. The third-order valence-electron chi connectivity index (χ3n) is 3.99. The van der Waals surface area contributed by atoms with Gasteiger partial charge in [0.05, 0.1) is 4.90 Å². The molecule has 0 aliphatic heterocycles. The van der Waals surface area contributed by atoms with Crippen molar-refractivity contribution in [2.75, 3.05) is 5.32 Å². The minimum absolute atomic E-state index is 0.0492. The van der Waals surface area contributed by atoms with Crippen LogP contribution in [-0.4, -0.2) is 14.3 Å². The van der Waals surface area contributed by atoms with E-state index in [-0.39, 0.29) is 10.5 Å². The van der Waals surface area contributed by atoms with Crippen LogP contribution in [0, 0.1) is 32.1 Å². The number of anilines is 1. The fourth-order valence-corrected chi connectivity index (χ4v) is 2.88. The molecule has 7 heteroatoms.